The summed E-state index contributed by atoms with van der Waals surface area (Å²) in [6, 6.07) is -0.198. The highest BCUT2D eigenvalue weighted by Crippen LogP contribution is 2.21. The highest BCUT2D eigenvalue weighted by Gasteiger charge is 2.29. The van der Waals surface area contributed by atoms with Gasteiger partial charge in [-0.15, -0.1) is 0 Å². The molecular formula is C16H25N3O3. The number of hydrogen-bond acceptors (Lipinski definition) is 5. The number of H-pyrrole nitrogens is 1. The third-order valence-corrected chi connectivity index (χ3v) is 4.54. The molecule has 1 aromatic heterocycles. The number of nitrogens with zero attached hydrogens (tertiary/aromatic N) is 2. The molecule has 0 radical (unpaired) electrons. The first kappa shape index (κ1) is 16.7. The van der Waals surface area contributed by atoms with Crippen LogP contribution >= 0.6 is 0 Å². The minimum atomic E-state index is -0.405. The summed E-state index contributed by atoms with van der Waals surface area (Å²) < 4.78 is 4.79. The summed E-state index contributed by atoms with van der Waals surface area (Å²) in [4.78, 5) is 32.1. The lowest BCUT2D eigenvalue weighted by Gasteiger charge is -2.35. The molecule has 1 N–H and O–H groups in total. The molecule has 6 heteroatoms. The van der Waals surface area contributed by atoms with Gasteiger partial charge in [0, 0.05) is 31.9 Å². The minimum Gasteiger partial charge on any atom is -0.465 e. The average molecular weight is 307 g/mol. The number of aromatic nitrogens is 1. The second-order valence-electron chi connectivity index (χ2n) is 6.00. The maximum absolute atomic E-state index is 12.8. The average Bonchev–Trinajstić information content (AvgIpc) is 2.80. The summed E-state index contributed by atoms with van der Waals surface area (Å²) in [7, 11) is 3.44. The Hall–Kier alpha value is -1.66. The molecule has 1 aliphatic rings. The highest BCUT2D eigenvalue weighted by molar-refractivity contribution is 6.03. The Bertz CT molecular complexity index is 571. The number of aryl methyl sites for hydroxylation is 1. The number of esters is 1. The smallest absolute Gasteiger partial charge is 0.339 e. The number of carbonyl (C=O) groups is 2. The van der Waals surface area contributed by atoms with Crippen LogP contribution in [0.5, 0.6) is 0 Å². The van der Waals surface area contributed by atoms with E-state index < -0.39 is 5.97 Å². The number of ketones is 1. The van der Waals surface area contributed by atoms with Gasteiger partial charge in [-0.2, -0.15) is 0 Å². The van der Waals surface area contributed by atoms with Gasteiger partial charge in [-0.1, -0.05) is 0 Å². The molecule has 2 rings (SSSR count). The van der Waals surface area contributed by atoms with Crippen LogP contribution in [-0.4, -0.2) is 72.9 Å². The van der Waals surface area contributed by atoms with Gasteiger partial charge in [-0.05, 0) is 33.4 Å². The number of likely N-dealkylation sites (N-methyl/N-ethyl adjacent to an activating group) is 1. The molecular weight excluding hydrogens is 282 g/mol. The third kappa shape index (κ3) is 3.08. The Labute approximate surface area is 131 Å². The van der Waals surface area contributed by atoms with E-state index >= 15 is 0 Å². The van der Waals surface area contributed by atoms with Crippen molar-refractivity contribution in [2.75, 3.05) is 40.3 Å². The Balaban J connectivity index is 2.21. The van der Waals surface area contributed by atoms with Crippen LogP contribution in [0, 0.1) is 13.8 Å². The summed E-state index contributed by atoms with van der Waals surface area (Å²) in [6.07, 6.45) is 0. The van der Waals surface area contributed by atoms with Gasteiger partial charge in [0.05, 0.1) is 24.4 Å². The largest absolute Gasteiger partial charge is 0.465 e. The number of nitrogens with one attached hydrogen (secondary N) is 1. The monoisotopic (exact) mass is 307 g/mol. The number of carbonyl (C=O) groups excluding carboxylic acids is 2. The molecule has 0 bridgehead atoms. The van der Waals surface area contributed by atoms with E-state index in [9.17, 15) is 9.59 Å². The van der Waals surface area contributed by atoms with Crippen molar-refractivity contribution < 1.29 is 14.3 Å². The number of aromatic amines is 1. The Morgan fingerprint density at radius 1 is 1.18 bits per heavy atom. The molecule has 1 fully saturated rings. The maximum atomic E-state index is 12.8. The van der Waals surface area contributed by atoms with Gasteiger partial charge >= 0.3 is 5.97 Å². The van der Waals surface area contributed by atoms with E-state index in [-0.39, 0.29) is 11.8 Å². The Kier molecular flexibility index (Phi) is 5.03. The number of rotatable bonds is 4. The van der Waals surface area contributed by atoms with Crippen LogP contribution in [-0.2, 0) is 4.74 Å². The summed E-state index contributed by atoms with van der Waals surface area (Å²) in [5, 5.41) is 0. The van der Waals surface area contributed by atoms with Crippen molar-refractivity contribution >= 4 is 11.8 Å². The SMILES string of the molecule is COC(=O)c1c(C)[nH]c(C(=O)[C@H](C)N2CCN(C)CC2)c1C. The van der Waals surface area contributed by atoms with Crippen molar-refractivity contribution in [2.24, 2.45) is 0 Å². The zero-order chi connectivity index (χ0) is 16.4. The van der Waals surface area contributed by atoms with Gasteiger partial charge in [-0.25, -0.2) is 4.79 Å². The van der Waals surface area contributed by atoms with Gasteiger partial charge in [0.1, 0.15) is 0 Å². The van der Waals surface area contributed by atoms with Crippen molar-refractivity contribution in [3.8, 4) is 0 Å². The zero-order valence-corrected chi connectivity index (χ0v) is 14.0. The third-order valence-electron chi connectivity index (χ3n) is 4.54. The van der Waals surface area contributed by atoms with Gasteiger partial charge in [0.2, 0.25) is 0 Å². The van der Waals surface area contributed by atoms with Crippen molar-refractivity contribution in [3.63, 3.8) is 0 Å². The maximum Gasteiger partial charge on any atom is 0.339 e. The number of hydrogen-bond donors (Lipinski definition) is 1. The standard InChI is InChI=1S/C16H25N3O3/c1-10-13(16(21)22-5)11(2)17-14(10)15(20)12(3)19-8-6-18(4)7-9-19/h12,17H,6-9H2,1-5H3/t12-/m0/s1. The van der Waals surface area contributed by atoms with Crippen LogP contribution in [0.25, 0.3) is 0 Å². The summed E-state index contributed by atoms with van der Waals surface area (Å²) in [6.45, 7) is 9.21. The van der Waals surface area contributed by atoms with E-state index in [1.807, 2.05) is 6.92 Å². The fraction of sp³-hybridized carbons (Fsp3) is 0.625. The predicted octanol–water partition coefficient (Wildman–Crippen LogP) is 1.24. The summed E-state index contributed by atoms with van der Waals surface area (Å²) in [5.41, 5.74) is 2.34. The predicted molar refractivity (Wildman–Crippen MR) is 84.5 cm³/mol. The molecule has 6 nitrogen and oxygen atoms in total. The molecule has 122 valence electrons. The first-order valence-electron chi connectivity index (χ1n) is 7.61. The fourth-order valence-corrected chi connectivity index (χ4v) is 2.99. The molecule has 0 spiro atoms. The van der Waals surface area contributed by atoms with E-state index in [1.165, 1.54) is 7.11 Å². The normalized spacial score (nSPS) is 18.2. The molecule has 0 amide bonds. The van der Waals surface area contributed by atoms with Crippen molar-refractivity contribution in [1.82, 2.24) is 14.8 Å². The Morgan fingerprint density at radius 2 is 1.77 bits per heavy atom. The Morgan fingerprint density at radius 3 is 2.32 bits per heavy atom. The van der Waals surface area contributed by atoms with Gasteiger partial charge in [-0.3, -0.25) is 9.69 Å². The lowest BCUT2D eigenvalue weighted by Crippen LogP contribution is -2.50. The second kappa shape index (κ2) is 6.62. The lowest BCUT2D eigenvalue weighted by molar-refractivity contribution is 0.0599. The molecule has 0 aliphatic carbocycles. The van der Waals surface area contributed by atoms with E-state index in [1.54, 1.807) is 13.8 Å². The summed E-state index contributed by atoms with van der Waals surface area (Å²) >= 11 is 0. The molecule has 22 heavy (non-hydrogen) atoms. The number of methoxy groups -OCH3 is 1. The van der Waals surface area contributed by atoms with Crippen LogP contribution in [0.1, 0.15) is 39.0 Å². The zero-order valence-electron chi connectivity index (χ0n) is 14.0. The van der Waals surface area contributed by atoms with Gasteiger partial charge in [0.15, 0.2) is 5.78 Å². The lowest BCUT2D eigenvalue weighted by atomic mass is 10.0. The molecule has 0 saturated carbocycles. The van der Waals surface area contributed by atoms with Crippen molar-refractivity contribution in [1.29, 1.82) is 0 Å². The molecule has 0 unspecified atom stereocenters. The first-order chi connectivity index (χ1) is 10.4. The number of ether oxygens (including phenoxy) is 1. The fourth-order valence-electron chi connectivity index (χ4n) is 2.99. The van der Waals surface area contributed by atoms with E-state index in [0.29, 0.717) is 22.5 Å². The van der Waals surface area contributed by atoms with Crippen molar-refractivity contribution in [2.45, 2.75) is 26.8 Å². The highest BCUT2D eigenvalue weighted by atomic mass is 16.5. The van der Waals surface area contributed by atoms with Crippen LogP contribution in [0.2, 0.25) is 0 Å². The molecule has 1 saturated heterocycles. The quantitative estimate of drug-likeness (QED) is 0.669. The molecule has 1 atom stereocenters. The molecule has 0 aromatic carbocycles. The van der Waals surface area contributed by atoms with Crippen molar-refractivity contribution in [3.05, 3.63) is 22.5 Å². The molecule has 2 heterocycles. The van der Waals surface area contributed by atoms with Crippen LogP contribution in [0.3, 0.4) is 0 Å². The topological polar surface area (TPSA) is 65.6 Å². The van der Waals surface area contributed by atoms with Crippen LogP contribution in [0.4, 0.5) is 0 Å². The summed E-state index contributed by atoms with van der Waals surface area (Å²) in [5.74, 6) is -0.377. The molecule has 1 aromatic rings. The van der Waals surface area contributed by atoms with E-state index in [4.69, 9.17) is 4.74 Å². The van der Waals surface area contributed by atoms with Crippen LogP contribution in [0.15, 0.2) is 0 Å². The molecule has 1 aliphatic heterocycles. The first-order valence-corrected chi connectivity index (χ1v) is 7.61. The minimum absolute atomic E-state index is 0.0281. The van der Waals surface area contributed by atoms with Gasteiger partial charge in [0.25, 0.3) is 0 Å². The van der Waals surface area contributed by atoms with E-state index in [0.717, 1.165) is 26.2 Å². The van der Waals surface area contributed by atoms with Crippen LogP contribution < -0.4 is 0 Å². The van der Waals surface area contributed by atoms with Gasteiger partial charge < -0.3 is 14.6 Å². The van der Waals surface area contributed by atoms with E-state index in [2.05, 4.69) is 21.8 Å². The number of piperazine rings is 1. The second-order valence-corrected chi connectivity index (χ2v) is 6.00. The number of Topliss-reactive ketones (excluding diaryl/α,β-unsaturated/α-hetero) is 1.